The van der Waals surface area contributed by atoms with Gasteiger partial charge in [0.2, 0.25) is 0 Å². The van der Waals surface area contributed by atoms with Crippen LogP contribution in [0.3, 0.4) is 0 Å². The van der Waals surface area contributed by atoms with Gasteiger partial charge in [0.1, 0.15) is 12.2 Å². The molecule has 0 amide bonds. The molecule has 0 unspecified atom stereocenters. The Balaban J connectivity index is 2.11. The van der Waals surface area contributed by atoms with Gasteiger partial charge in [-0.15, -0.1) is 10.2 Å². The standard InChI is InChI=1S/C9H16N4O/c1-2-3-13-6-11-12-9(13)8-4-7(14)5-10-8/h6-8,10,14H,2-5H2,1H3/t7-,8+/m1/s1. The monoisotopic (exact) mass is 196 g/mol. The summed E-state index contributed by atoms with van der Waals surface area (Å²) in [5, 5.41) is 20.6. The highest BCUT2D eigenvalue weighted by atomic mass is 16.3. The van der Waals surface area contributed by atoms with Crippen LogP contribution in [0.15, 0.2) is 6.33 Å². The van der Waals surface area contributed by atoms with E-state index in [0.717, 1.165) is 25.2 Å². The molecule has 0 saturated carbocycles. The Morgan fingerprint density at radius 3 is 3.21 bits per heavy atom. The van der Waals surface area contributed by atoms with E-state index in [2.05, 4.69) is 27.0 Å². The van der Waals surface area contributed by atoms with Crippen molar-refractivity contribution in [1.82, 2.24) is 20.1 Å². The summed E-state index contributed by atoms with van der Waals surface area (Å²) in [6.45, 7) is 3.72. The van der Waals surface area contributed by atoms with E-state index in [1.165, 1.54) is 0 Å². The van der Waals surface area contributed by atoms with Crippen LogP contribution in [0.5, 0.6) is 0 Å². The van der Waals surface area contributed by atoms with Gasteiger partial charge in [0.25, 0.3) is 0 Å². The highest BCUT2D eigenvalue weighted by Gasteiger charge is 2.26. The summed E-state index contributed by atoms with van der Waals surface area (Å²) >= 11 is 0. The Morgan fingerprint density at radius 2 is 2.57 bits per heavy atom. The van der Waals surface area contributed by atoms with Gasteiger partial charge in [-0.1, -0.05) is 6.92 Å². The maximum atomic E-state index is 9.40. The van der Waals surface area contributed by atoms with Gasteiger partial charge >= 0.3 is 0 Å². The van der Waals surface area contributed by atoms with Gasteiger partial charge in [0, 0.05) is 13.1 Å². The molecular formula is C9H16N4O. The molecule has 1 fully saturated rings. The molecule has 1 aliphatic heterocycles. The first kappa shape index (κ1) is 9.61. The number of aromatic nitrogens is 3. The van der Waals surface area contributed by atoms with E-state index in [1.54, 1.807) is 6.33 Å². The summed E-state index contributed by atoms with van der Waals surface area (Å²) in [5.74, 6) is 0.948. The minimum Gasteiger partial charge on any atom is -0.392 e. The summed E-state index contributed by atoms with van der Waals surface area (Å²) in [4.78, 5) is 0. The number of aliphatic hydroxyl groups is 1. The van der Waals surface area contributed by atoms with Crippen LogP contribution in [0, 0.1) is 0 Å². The number of nitrogens with one attached hydrogen (secondary N) is 1. The molecule has 1 aromatic rings. The second kappa shape index (κ2) is 4.06. The fourth-order valence-electron chi connectivity index (χ4n) is 1.86. The largest absolute Gasteiger partial charge is 0.392 e. The zero-order valence-electron chi connectivity index (χ0n) is 8.35. The van der Waals surface area contributed by atoms with E-state index in [0.29, 0.717) is 6.54 Å². The Morgan fingerprint density at radius 1 is 1.71 bits per heavy atom. The zero-order valence-corrected chi connectivity index (χ0v) is 8.35. The molecule has 5 nitrogen and oxygen atoms in total. The Labute approximate surface area is 83.2 Å². The molecular weight excluding hydrogens is 180 g/mol. The van der Waals surface area contributed by atoms with E-state index in [1.807, 2.05) is 0 Å². The molecule has 2 N–H and O–H groups in total. The fourth-order valence-corrected chi connectivity index (χ4v) is 1.86. The maximum absolute atomic E-state index is 9.40. The zero-order chi connectivity index (χ0) is 9.97. The normalized spacial score (nSPS) is 27.0. The van der Waals surface area contributed by atoms with Crippen LogP contribution in [0.4, 0.5) is 0 Å². The molecule has 14 heavy (non-hydrogen) atoms. The lowest BCUT2D eigenvalue weighted by Crippen LogP contribution is -2.18. The van der Waals surface area contributed by atoms with Gasteiger partial charge in [0.05, 0.1) is 12.1 Å². The van der Waals surface area contributed by atoms with Crippen molar-refractivity contribution in [2.45, 2.75) is 38.5 Å². The van der Waals surface area contributed by atoms with Crippen LogP contribution in [0.25, 0.3) is 0 Å². The molecule has 2 heterocycles. The average molecular weight is 196 g/mol. The molecule has 0 radical (unpaired) electrons. The van der Waals surface area contributed by atoms with E-state index in [-0.39, 0.29) is 12.1 Å². The molecule has 0 aromatic carbocycles. The van der Waals surface area contributed by atoms with E-state index in [4.69, 9.17) is 0 Å². The number of hydrogen-bond acceptors (Lipinski definition) is 4. The van der Waals surface area contributed by atoms with Crippen molar-refractivity contribution in [2.75, 3.05) is 6.54 Å². The molecule has 0 aliphatic carbocycles. The van der Waals surface area contributed by atoms with Crippen molar-refractivity contribution in [3.8, 4) is 0 Å². The second-order valence-corrected chi connectivity index (χ2v) is 3.73. The molecule has 0 spiro atoms. The summed E-state index contributed by atoms with van der Waals surface area (Å²) in [5.41, 5.74) is 0. The van der Waals surface area contributed by atoms with Crippen LogP contribution in [0.2, 0.25) is 0 Å². The Bertz CT molecular complexity index is 299. The maximum Gasteiger partial charge on any atom is 0.150 e. The lowest BCUT2D eigenvalue weighted by molar-refractivity contribution is 0.192. The fraction of sp³-hybridized carbons (Fsp3) is 0.778. The highest BCUT2D eigenvalue weighted by molar-refractivity contribution is 4.99. The number of aliphatic hydroxyl groups excluding tert-OH is 1. The van der Waals surface area contributed by atoms with Crippen LogP contribution in [-0.2, 0) is 6.54 Å². The van der Waals surface area contributed by atoms with Gasteiger partial charge < -0.3 is 15.0 Å². The first-order valence-corrected chi connectivity index (χ1v) is 5.10. The molecule has 78 valence electrons. The van der Waals surface area contributed by atoms with Crippen molar-refractivity contribution in [3.63, 3.8) is 0 Å². The topological polar surface area (TPSA) is 63.0 Å². The summed E-state index contributed by atoms with van der Waals surface area (Å²) in [6.07, 6.45) is 3.32. The smallest absolute Gasteiger partial charge is 0.150 e. The van der Waals surface area contributed by atoms with Crippen molar-refractivity contribution in [2.24, 2.45) is 0 Å². The lowest BCUT2D eigenvalue weighted by atomic mass is 10.2. The van der Waals surface area contributed by atoms with Gasteiger partial charge in [0.15, 0.2) is 0 Å². The quantitative estimate of drug-likeness (QED) is 0.719. The van der Waals surface area contributed by atoms with Gasteiger partial charge in [-0.2, -0.15) is 0 Å². The van der Waals surface area contributed by atoms with E-state index >= 15 is 0 Å². The molecule has 1 aliphatic rings. The van der Waals surface area contributed by atoms with Crippen molar-refractivity contribution >= 4 is 0 Å². The SMILES string of the molecule is CCCn1cnnc1[C@@H]1C[C@@H](O)CN1. The molecule has 1 aromatic heterocycles. The van der Waals surface area contributed by atoms with Crippen LogP contribution in [-0.4, -0.2) is 32.5 Å². The summed E-state index contributed by atoms with van der Waals surface area (Å²) < 4.78 is 2.05. The van der Waals surface area contributed by atoms with Crippen molar-refractivity contribution in [3.05, 3.63) is 12.2 Å². The van der Waals surface area contributed by atoms with Crippen LogP contribution < -0.4 is 5.32 Å². The first-order valence-electron chi connectivity index (χ1n) is 5.10. The first-order chi connectivity index (χ1) is 6.81. The number of hydrogen-bond donors (Lipinski definition) is 2. The van der Waals surface area contributed by atoms with Crippen molar-refractivity contribution in [1.29, 1.82) is 0 Å². The molecule has 2 rings (SSSR count). The third-order valence-electron chi connectivity index (χ3n) is 2.53. The lowest BCUT2D eigenvalue weighted by Gasteiger charge is -2.10. The predicted octanol–water partition coefficient (Wildman–Crippen LogP) is 0.0834. The minimum atomic E-state index is -0.244. The minimum absolute atomic E-state index is 0.166. The van der Waals surface area contributed by atoms with E-state index < -0.39 is 0 Å². The summed E-state index contributed by atoms with van der Waals surface area (Å²) in [6, 6.07) is 0.166. The number of rotatable bonds is 3. The number of aryl methyl sites for hydroxylation is 1. The van der Waals surface area contributed by atoms with Crippen LogP contribution in [0.1, 0.15) is 31.6 Å². The van der Waals surface area contributed by atoms with Gasteiger partial charge in [-0.3, -0.25) is 0 Å². The number of β-amino-alcohol motifs (C(OH)–C–C–N with tert-alkyl or cyclic N) is 1. The Hall–Kier alpha value is -0.940. The van der Waals surface area contributed by atoms with Crippen LogP contribution >= 0.6 is 0 Å². The highest BCUT2D eigenvalue weighted by Crippen LogP contribution is 2.21. The van der Waals surface area contributed by atoms with Gasteiger partial charge in [-0.05, 0) is 12.8 Å². The molecule has 0 bridgehead atoms. The second-order valence-electron chi connectivity index (χ2n) is 3.73. The Kier molecular flexibility index (Phi) is 2.79. The van der Waals surface area contributed by atoms with Crippen molar-refractivity contribution < 1.29 is 5.11 Å². The summed E-state index contributed by atoms with van der Waals surface area (Å²) in [7, 11) is 0. The molecule has 5 heteroatoms. The van der Waals surface area contributed by atoms with Gasteiger partial charge in [-0.25, -0.2) is 0 Å². The molecule has 2 atom stereocenters. The average Bonchev–Trinajstić information content (AvgIpc) is 2.74. The van der Waals surface area contributed by atoms with E-state index in [9.17, 15) is 5.11 Å². The third-order valence-corrected chi connectivity index (χ3v) is 2.53. The molecule has 1 saturated heterocycles. The third kappa shape index (κ3) is 1.78. The predicted molar refractivity (Wildman–Crippen MR) is 51.7 cm³/mol. The number of nitrogens with zero attached hydrogens (tertiary/aromatic N) is 3.